The summed E-state index contributed by atoms with van der Waals surface area (Å²) < 4.78 is 34.7. The number of nitrogens with zero attached hydrogens (tertiary/aromatic N) is 4. The summed E-state index contributed by atoms with van der Waals surface area (Å²) in [5.41, 5.74) is 3.07. The van der Waals surface area contributed by atoms with Crippen LogP contribution in [-0.4, -0.2) is 60.0 Å². The van der Waals surface area contributed by atoms with Crippen molar-refractivity contribution >= 4 is 22.0 Å². The lowest BCUT2D eigenvalue weighted by Crippen LogP contribution is -2.46. The average molecular weight is 483 g/mol. The second-order valence-corrected chi connectivity index (χ2v) is 9.61. The van der Waals surface area contributed by atoms with Crippen LogP contribution in [-0.2, 0) is 27.9 Å². The fourth-order valence-electron chi connectivity index (χ4n) is 3.70. The van der Waals surface area contributed by atoms with Crippen LogP contribution in [0.5, 0.6) is 5.88 Å². The number of esters is 1. The van der Waals surface area contributed by atoms with E-state index in [1.165, 1.54) is 17.7 Å². The number of benzene rings is 2. The summed E-state index contributed by atoms with van der Waals surface area (Å²) in [6.45, 7) is 6.49. The second kappa shape index (κ2) is 10.3. The van der Waals surface area contributed by atoms with Crippen molar-refractivity contribution in [2.45, 2.75) is 24.8 Å². The number of ether oxygens (including phenoxy) is 1. The van der Waals surface area contributed by atoms with Gasteiger partial charge >= 0.3 is 5.97 Å². The maximum Gasteiger partial charge on any atom is 0.317 e. The quantitative estimate of drug-likeness (QED) is 0.443. The molecule has 1 fully saturated rings. The molecule has 1 saturated heterocycles. The predicted octanol–water partition coefficient (Wildman–Crippen LogP) is 2.50. The minimum absolute atomic E-state index is 0.0666. The van der Waals surface area contributed by atoms with E-state index in [-0.39, 0.29) is 17.3 Å². The molecule has 5 rings (SSSR count). The zero-order valence-electron chi connectivity index (χ0n) is 18.8. The Bertz CT molecular complexity index is 1240. The first-order chi connectivity index (χ1) is 16.3. The highest BCUT2D eigenvalue weighted by molar-refractivity contribution is 7.85. The number of fused-ring (bicyclic) bond motifs is 1. The molecule has 9 nitrogen and oxygen atoms in total. The number of hydrogen-bond acceptors (Lipinski definition) is 8. The van der Waals surface area contributed by atoms with E-state index in [0.717, 1.165) is 43.9 Å². The van der Waals surface area contributed by atoms with E-state index in [1.807, 2.05) is 13.0 Å². The van der Waals surface area contributed by atoms with Gasteiger partial charge in [0.1, 0.15) is 0 Å². The Morgan fingerprint density at radius 3 is 2.32 bits per heavy atom. The van der Waals surface area contributed by atoms with Gasteiger partial charge in [-0.15, -0.1) is 0 Å². The van der Waals surface area contributed by atoms with Gasteiger partial charge in [-0.1, -0.05) is 48.0 Å². The number of aryl methyl sites for hydroxylation is 1. The van der Waals surface area contributed by atoms with Crippen LogP contribution in [0.15, 0.2) is 65.7 Å². The van der Waals surface area contributed by atoms with E-state index in [0.29, 0.717) is 11.8 Å². The van der Waals surface area contributed by atoms with Crippen LogP contribution in [0.3, 0.4) is 0 Å². The number of anilines is 1. The maximum atomic E-state index is 11.3. The minimum Gasteiger partial charge on any atom is -0.407 e. The largest absolute Gasteiger partial charge is 0.407 e. The average Bonchev–Trinajstić information content (AvgIpc) is 3.20. The Morgan fingerprint density at radius 1 is 1.00 bits per heavy atom. The third kappa shape index (κ3) is 6.16. The molecule has 2 aliphatic heterocycles. The standard InChI is InChI=1S/C17H18N4O2.C7H8O3S/c22-15-10-14-11-18-17(19-16(14)23-15)21-8-6-20(7-9-21)12-13-4-2-1-3-5-13;1-6-2-4-7(5-3-6)11(8,9)10/h1-5,11H,6-10,12H2;2-5H,1H3,(H,8,9,10). The molecule has 0 aliphatic carbocycles. The van der Waals surface area contributed by atoms with Gasteiger partial charge < -0.3 is 9.64 Å². The molecule has 3 heterocycles. The van der Waals surface area contributed by atoms with Gasteiger partial charge in [0.05, 0.1) is 11.3 Å². The van der Waals surface area contributed by atoms with Gasteiger partial charge in [0.25, 0.3) is 10.1 Å². The van der Waals surface area contributed by atoms with Crippen LogP contribution in [0.25, 0.3) is 0 Å². The van der Waals surface area contributed by atoms with E-state index in [4.69, 9.17) is 9.29 Å². The molecule has 2 aromatic carbocycles. The summed E-state index contributed by atoms with van der Waals surface area (Å²) in [4.78, 5) is 24.6. The predicted molar refractivity (Wildman–Crippen MR) is 126 cm³/mol. The van der Waals surface area contributed by atoms with Crippen molar-refractivity contribution in [3.8, 4) is 5.88 Å². The first-order valence-electron chi connectivity index (χ1n) is 10.9. The first-order valence-corrected chi connectivity index (χ1v) is 12.3. The van der Waals surface area contributed by atoms with Gasteiger partial charge in [-0.2, -0.15) is 13.4 Å². The lowest BCUT2D eigenvalue weighted by molar-refractivity contribution is -0.132. The van der Waals surface area contributed by atoms with Crippen molar-refractivity contribution < 1.29 is 22.5 Å². The molecule has 178 valence electrons. The number of carbonyl (C=O) groups is 1. The van der Waals surface area contributed by atoms with Crippen molar-refractivity contribution in [2.75, 3.05) is 31.1 Å². The van der Waals surface area contributed by atoms with Crippen LogP contribution < -0.4 is 9.64 Å². The van der Waals surface area contributed by atoms with Crippen LogP contribution in [0, 0.1) is 6.92 Å². The van der Waals surface area contributed by atoms with Gasteiger partial charge in [-0.3, -0.25) is 14.2 Å². The lowest BCUT2D eigenvalue weighted by Gasteiger charge is -2.34. The minimum atomic E-state index is -4.02. The highest BCUT2D eigenvalue weighted by atomic mass is 32.2. The Labute approximate surface area is 198 Å². The zero-order valence-corrected chi connectivity index (χ0v) is 19.6. The van der Waals surface area contributed by atoms with E-state index in [2.05, 4.69) is 44.0 Å². The molecule has 0 saturated carbocycles. The molecule has 0 amide bonds. The van der Waals surface area contributed by atoms with Crippen molar-refractivity contribution in [3.63, 3.8) is 0 Å². The molecular formula is C24H26N4O5S. The molecule has 10 heteroatoms. The summed E-state index contributed by atoms with van der Waals surface area (Å²) in [7, 11) is -4.02. The van der Waals surface area contributed by atoms with Crippen molar-refractivity contribution in [1.82, 2.24) is 14.9 Å². The molecule has 34 heavy (non-hydrogen) atoms. The summed E-state index contributed by atoms with van der Waals surface area (Å²) in [6.07, 6.45) is 1.99. The molecule has 2 aliphatic rings. The smallest absolute Gasteiger partial charge is 0.317 e. The van der Waals surface area contributed by atoms with Gasteiger partial charge in [-0.05, 0) is 24.6 Å². The number of aromatic nitrogens is 2. The van der Waals surface area contributed by atoms with Crippen molar-refractivity contribution in [2.24, 2.45) is 0 Å². The van der Waals surface area contributed by atoms with Gasteiger partial charge in [-0.25, -0.2) is 4.98 Å². The van der Waals surface area contributed by atoms with E-state index >= 15 is 0 Å². The molecule has 0 radical (unpaired) electrons. The number of rotatable bonds is 4. The molecule has 1 aromatic heterocycles. The molecule has 0 bridgehead atoms. The van der Waals surface area contributed by atoms with Gasteiger partial charge in [0.15, 0.2) is 0 Å². The molecule has 0 spiro atoms. The highest BCUT2D eigenvalue weighted by Gasteiger charge is 2.25. The third-order valence-corrected chi connectivity index (χ3v) is 6.45. The third-order valence-electron chi connectivity index (χ3n) is 5.58. The number of hydrogen-bond donors (Lipinski definition) is 1. The summed E-state index contributed by atoms with van der Waals surface area (Å²) in [5.74, 6) is 0.823. The van der Waals surface area contributed by atoms with Crippen LogP contribution in [0.4, 0.5) is 5.95 Å². The summed E-state index contributed by atoms with van der Waals surface area (Å²) in [5, 5.41) is 0. The van der Waals surface area contributed by atoms with Crippen molar-refractivity contribution in [3.05, 3.63) is 77.5 Å². The molecule has 3 aromatic rings. The Morgan fingerprint density at radius 2 is 1.68 bits per heavy atom. The fraction of sp³-hybridized carbons (Fsp3) is 0.292. The van der Waals surface area contributed by atoms with E-state index in [9.17, 15) is 13.2 Å². The molecule has 0 atom stereocenters. The summed E-state index contributed by atoms with van der Waals surface area (Å²) >= 11 is 0. The fourth-order valence-corrected chi connectivity index (χ4v) is 4.18. The monoisotopic (exact) mass is 482 g/mol. The van der Waals surface area contributed by atoms with E-state index in [1.54, 1.807) is 18.3 Å². The molecule has 1 N–H and O–H groups in total. The van der Waals surface area contributed by atoms with E-state index < -0.39 is 10.1 Å². The molecule has 0 unspecified atom stereocenters. The van der Waals surface area contributed by atoms with Gasteiger partial charge in [0.2, 0.25) is 11.8 Å². The maximum absolute atomic E-state index is 11.3. The Hall–Kier alpha value is -3.34. The number of carbonyl (C=O) groups excluding carboxylic acids is 1. The van der Waals surface area contributed by atoms with Crippen LogP contribution in [0.2, 0.25) is 0 Å². The normalized spacial score (nSPS) is 15.8. The molecular weight excluding hydrogens is 456 g/mol. The van der Waals surface area contributed by atoms with Crippen LogP contribution >= 0.6 is 0 Å². The zero-order chi connectivity index (χ0) is 24.1. The summed E-state index contributed by atoms with van der Waals surface area (Å²) in [6, 6.07) is 16.5. The lowest BCUT2D eigenvalue weighted by atomic mass is 10.2. The van der Waals surface area contributed by atoms with Crippen LogP contribution in [0.1, 0.15) is 16.7 Å². The van der Waals surface area contributed by atoms with Crippen molar-refractivity contribution in [1.29, 1.82) is 0 Å². The number of piperazine rings is 1. The van der Waals surface area contributed by atoms with Gasteiger partial charge in [0, 0.05) is 44.5 Å². The topological polar surface area (TPSA) is 113 Å². The first kappa shape index (κ1) is 23.8. The second-order valence-electron chi connectivity index (χ2n) is 8.19. The Balaban J connectivity index is 0.000000210. The Kier molecular flexibility index (Phi) is 7.20. The SMILES string of the molecule is Cc1ccc(S(=O)(=O)O)cc1.O=C1Cc2cnc(N3CCN(Cc4ccccc4)CC3)nc2O1. The highest BCUT2D eigenvalue weighted by Crippen LogP contribution is 2.25.